The summed E-state index contributed by atoms with van der Waals surface area (Å²) >= 11 is 6.12. The lowest BCUT2D eigenvalue weighted by molar-refractivity contribution is -0.136. The molecule has 1 aliphatic rings. The number of rotatable bonds is 2. The fraction of sp³-hybridized carbons (Fsp3) is 0.158. The van der Waals surface area contributed by atoms with Gasteiger partial charge in [-0.1, -0.05) is 29.8 Å². The smallest absolute Gasteiger partial charge is 0.335 e. The van der Waals surface area contributed by atoms with E-state index in [0.717, 1.165) is 0 Å². The molecular formula is C19H14ClFN2O2. The van der Waals surface area contributed by atoms with Crippen LogP contribution in [0.5, 0.6) is 0 Å². The Morgan fingerprint density at radius 1 is 1.36 bits per heavy atom. The van der Waals surface area contributed by atoms with Gasteiger partial charge in [-0.3, -0.25) is 0 Å². The van der Waals surface area contributed by atoms with Gasteiger partial charge in [0.25, 0.3) is 0 Å². The maximum Gasteiger partial charge on any atom is 0.335 e. The van der Waals surface area contributed by atoms with Crippen molar-refractivity contribution in [3.8, 4) is 6.07 Å². The monoisotopic (exact) mass is 356 g/mol. The largest absolute Gasteiger partial charge is 0.466 e. The topological polar surface area (TPSA) is 76.1 Å². The van der Waals surface area contributed by atoms with E-state index in [1.807, 2.05) is 0 Å². The summed E-state index contributed by atoms with van der Waals surface area (Å²) < 4.78 is 18.6. The number of nitrogens with zero attached hydrogens (tertiary/aromatic N) is 1. The van der Waals surface area contributed by atoms with Gasteiger partial charge in [-0.05, 0) is 35.4 Å². The van der Waals surface area contributed by atoms with E-state index in [-0.39, 0.29) is 17.7 Å². The van der Waals surface area contributed by atoms with Crippen molar-refractivity contribution in [1.82, 2.24) is 0 Å². The van der Waals surface area contributed by atoms with Crippen LogP contribution in [-0.2, 0) is 14.9 Å². The van der Waals surface area contributed by atoms with Gasteiger partial charge in [-0.25, -0.2) is 9.18 Å². The Kier molecular flexibility index (Phi) is 4.23. The Balaban J connectivity index is 2.36. The first-order valence-corrected chi connectivity index (χ1v) is 7.85. The zero-order valence-electron chi connectivity index (χ0n) is 13.3. The number of carbonyl (C=O) groups is 1. The Hall–Kier alpha value is -2.84. The number of halogens is 2. The zero-order chi connectivity index (χ0) is 18.2. The van der Waals surface area contributed by atoms with Gasteiger partial charge in [-0.15, -0.1) is 0 Å². The Morgan fingerprint density at radius 3 is 2.76 bits per heavy atom. The summed E-state index contributed by atoms with van der Waals surface area (Å²) in [5.41, 5.74) is 6.76. The Bertz CT molecular complexity index is 949. The van der Waals surface area contributed by atoms with E-state index in [2.05, 4.69) is 6.07 Å². The molecule has 2 aromatic rings. The maximum absolute atomic E-state index is 13.8. The summed E-state index contributed by atoms with van der Waals surface area (Å²) in [6, 6.07) is 12.9. The van der Waals surface area contributed by atoms with Crippen molar-refractivity contribution in [3.63, 3.8) is 0 Å². The van der Waals surface area contributed by atoms with Crippen LogP contribution in [-0.4, -0.2) is 13.1 Å². The van der Waals surface area contributed by atoms with E-state index < -0.39 is 17.2 Å². The predicted molar refractivity (Wildman–Crippen MR) is 92.0 cm³/mol. The summed E-state index contributed by atoms with van der Waals surface area (Å²) in [7, 11) is 1.25. The number of methoxy groups -OCH3 is 1. The van der Waals surface area contributed by atoms with E-state index in [0.29, 0.717) is 21.7 Å². The number of carbonyl (C=O) groups excluding carboxylic acids is 1. The van der Waals surface area contributed by atoms with E-state index >= 15 is 0 Å². The molecule has 0 aliphatic heterocycles. The lowest BCUT2D eigenvalue weighted by Crippen LogP contribution is -2.34. The van der Waals surface area contributed by atoms with Gasteiger partial charge in [0.1, 0.15) is 11.2 Å². The van der Waals surface area contributed by atoms with Gasteiger partial charge in [0, 0.05) is 22.7 Å². The predicted octanol–water partition coefficient (Wildman–Crippen LogP) is 3.54. The summed E-state index contributed by atoms with van der Waals surface area (Å²) in [5.74, 6) is -1.09. The molecular weight excluding hydrogens is 343 g/mol. The number of hydrogen-bond acceptors (Lipinski definition) is 4. The van der Waals surface area contributed by atoms with Crippen molar-refractivity contribution in [1.29, 1.82) is 5.26 Å². The van der Waals surface area contributed by atoms with Crippen LogP contribution in [0.2, 0.25) is 5.02 Å². The standard InChI is InChI=1S/C19H14ClFN2O2/c1-25-18(24)15-9-19(10-22,11-3-2-4-13(21)7-11)16-8-12(20)5-6-14(16)17(15)23/h2-8H,9,23H2,1H3. The number of hydrogen-bond donors (Lipinski definition) is 1. The molecule has 0 heterocycles. The third kappa shape index (κ3) is 2.65. The highest BCUT2D eigenvalue weighted by atomic mass is 35.5. The first-order valence-electron chi connectivity index (χ1n) is 7.47. The van der Waals surface area contributed by atoms with E-state index in [9.17, 15) is 14.4 Å². The molecule has 3 rings (SSSR count). The first kappa shape index (κ1) is 17.0. The molecule has 0 aromatic heterocycles. The minimum absolute atomic E-state index is 0.0290. The molecule has 2 aromatic carbocycles. The molecule has 0 fully saturated rings. The molecule has 1 unspecified atom stereocenters. The molecule has 0 spiro atoms. The molecule has 2 N–H and O–H groups in total. The minimum Gasteiger partial charge on any atom is -0.466 e. The third-order valence-corrected chi connectivity index (χ3v) is 4.67. The number of esters is 1. The van der Waals surface area contributed by atoms with Crippen molar-refractivity contribution < 1.29 is 13.9 Å². The highest BCUT2D eigenvalue weighted by Crippen LogP contribution is 2.46. The van der Waals surface area contributed by atoms with Gasteiger partial charge >= 0.3 is 5.97 Å². The molecule has 126 valence electrons. The second-order valence-electron chi connectivity index (χ2n) is 5.78. The molecule has 0 radical (unpaired) electrons. The zero-order valence-corrected chi connectivity index (χ0v) is 14.1. The SMILES string of the molecule is COC(=O)C1=C(N)c2ccc(Cl)cc2C(C#N)(c2cccc(F)c2)C1. The molecule has 0 saturated carbocycles. The minimum atomic E-state index is -1.30. The molecule has 1 aliphatic carbocycles. The average Bonchev–Trinajstić information content (AvgIpc) is 2.61. The quantitative estimate of drug-likeness (QED) is 0.835. The molecule has 6 heteroatoms. The van der Waals surface area contributed by atoms with E-state index in [4.69, 9.17) is 22.1 Å². The van der Waals surface area contributed by atoms with Crippen LogP contribution >= 0.6 is 11.6 Å². The van der Waals surface area contributed by atoms with Crippen LogP contribution in [0, 0.1) is 17.1 Å². The highest BCUT2D eigenvalue weighted by molar-refractivity contribution is 6.30. The number of nitriles is 1. The van der Waals surface area contributed by atoms with Crippen molar-refractivity contribution >= 4 is 23.3 Å². The number of ether oxygens (including phenoxy) is 1. The van der Waals surface area contributed by atoms with Gasteiger partial charge < -0.3 is 10.5 Å². The Labute approximate surface area is 149 Å². The second kappa shape index (κ2) is 6.23. The average molecular weight is 357 g/mol. The summed E-state index contributed by atoms with van der Waals surface area (Å²) in [5, 5.41) is 10.5. The second-order valence-corrected chi connectivity index (χ2v) is 6.21. The van der Waals surface area contributed by atoms with Crippen molar-refractivity contribution in [3.05, 3.63) is 75.6 Å². The van der Waals surface area contributed by atoms with Crippen molar-refractivity contribution in [2.45, 2.75) is 11.8 Å². The Morgan fingerprint density at radius 2 is 2.12 bits per heavy atom. The number of benzene rings is 2. The summed E-state index contributed by atoms with van der Waals surface area (Å²) in [6.45, 7) is 0. The van der Waals surface area contributed by atoms with Crippen LogP contribution in [0.4, 0.5) is 4.39 Å². The lowest BCUT2D eigenvalue weighted by atomic mass is 9.66. The molecule has 0 bridgehead atoms. The summed E-state index contributed by atoms with van der Waals surface area (Å²) in [6.07, 6.45) is -0.0290. The highest BCUT2D eigenvalue weighted by Gasteiger charge is 2.43. The summed E-state index contributed by atoms with van der Waals surface area (Å²) in [4.78, 5) is 12.2. The molecule has 1 atom stereocenters. The van der Waals surface area contributed by atoms with Crippen LogP contribution in [0.25, 0.3) is 5.70 Å². The van der Waals surface area contributed by atoms with Gasteiger partial charge in [-0.2, -0.15) is 5.26 Å². The number of fused-ring (bicyclic) bond motifs is 1. The van der Waals surface area contributed by atoms with Crippen molar-refractivity contribution in [2.24, 2.45) is 5.73 Å². The third-order valence-electron chi connectivity index (χ3n) is 4.44. The van der Waals surface area contributed by atoms with Crippen LogP contribution < -0.4 is 5.73 Å². The van der Waals surface area contributed by atoms with Crippen LogP contribution in [0.3, 0.4) is 0 Å². The van der Waals surface area contributed by atoms with E-state index in [1.165, 1.54) is 25.3 Å². The van der Waals surface area contributed by atoms with Gasteiger partial charge in [0.2, 0.25) is 0 Å². The van der Waals surface area contributed by atoms with Gasteiger partial charge in [0.05, 0.1) is 18.8 Å². The molecule has 0 saturated heterocycles. The normalized spacial score (nSPS) is 19.1. The molecule has 25 heavy (non-hydrogen) atoms. The maximum atomic E-state index is 13.8. The molecule has 4 nitrogen and oxygen atoms in total. The molecule has 0 amide bonds. The fourth-order valence-electron chi connectivity index (χ4n) is 3.20. The van der Waals surface area contributed by atoms with E-state index in [1.54, 1.807) is 24.3 Å². The van der Waals surface area contributed by atoms with Crippen LogP contribution in [0.1, 0.15) is 23.1 Å². The van der Waals surface area contributed by atoms with Crippen LogP contribution in [0.15, 0.2) is 48.0 Å². The lowest BCUT2D eigenvalue weighted by Gasteiger charge is -2.35. The fourth-order valence-corrected chi connectivity index (χ4v) is 3.38. The van der Waals surface area contributed by atoms with Gasteiger partial charge in [0.15, 0.2) is 0 Å². The first-order chi connectivity index (χ1) is 11.9. The van der Waals surface area contributed by atoms with Crippen molar-refractivity contribution in [2.75, 3.05) is 7.11 Å². The number of nitrogens with two attached hydrogens (primary N) is 1.